The molecule has 0 N–H and O–H groups in total. The van der Waals surface area contributed by atoms with Gasteiger partial charge < -0.3 is 4.74 Å². The van der Waals surface area contributed by atoms with Crippen LogP contribution in [0.5, 0.6) is 5.75 Å². The maximum absolute atomic E-state index is 6.08. The molecule has 18 heavy (non-hydrogen) atoms. The summed E-state index contributed by atoms with van der Waals surface area (Å²) in [6.45, 7) is 5.06. The largest absolute Gasteiger partial charge is 0.493 e. The number of ether oxygens (including phenoxy) is 1. The van der Waals surface area contributed by atoms with E-state index in [1.807, 2.05) is 0 Å². The van der Waals surface area contributed by atoms with Crippen LogP contribution < -0.4 is 4.74 Å². The van der Waals surface area contributed by atoms with E-state index in [0.717, 1.165) is 18.1 Å². The van der Waals surface area contributed by atoms with E-state index in [4.69, 9.17) is 4.74 Å². The van der Waals surface area contributed by atoms with Gasteiger partial charge in [-0.15, -0.1) is 0 Å². The predicted molar refractivity (Wildman–Crippen MR) is 80.8 cm³/mol. The molecule has 1 aliphatic rings. The molecule has 0 unspecified atom stereocenters. The number of thiol groups is 1. The number of benzene rings is 1. The zero-order chi connectivity index (χ0) is 13.0. The monoisotopic (exact) mass is 264 g/mol. The fraction of sp³-hybridized carbons (Fsp3) is 0.625. The van der Waals surface area contributed by atoms with Crippen molar-refractivity contribution < 1.29 is 4.74 Å². The molecular formula is C16H24OS. The molecule has 2 rings (SSSR count). The smallest absolute Gasteiger partial charge is 0.122 e. The van der Waals surface area contributed by atoms with Gasteiger partial charge in [0.1, 0.15) is 5.75 Å². The van der Waals surface area contributed by atoms with Gasteiger partial charge in [0.15, 0.2) is 0 Å². The first kappa shape index (κ1) is 13.8. The minimum Gasteiger partial charge on any atom is -0.493 e. The average molecular weight is 264 g/mol. The third kappa shape index (κ3) is 3.23. The van der Waals surface area contributed by atoms with Crippen molar-refractivity contribution in [2.24, 2.45) is 5.41 Å². The van der Waals surface area contributed by atoms with Crippen LogP contribution >= 0.6 is 12.6 Å². The van der Waals surface area contributed by atoms with E-state index in [9.17, 15) is 0 Å². The van der Waals surface area contributed by atoms with Crippen LogP contribution in [0.25, 0.3) is 0 Å². The molecule has 0 spiro atoms. The van der Waals surface area contributed by atoms with Gasteiger partial charge >= 0.3 is 0 Å². The number of aryl methyl sites for hydroxylation is 2. The first-order valence-corrected chi connectivity index (χ1v) is 7.59. The summed E-state index contributed by atoms with van der Waals surface area (Å²) >= 11 is 4.56. The van der Waals surface area contributed by atoms with Crippen molar-refractivity contribution >= 4 is 12.6 Å². The Morgan fingerprint density at radius 2 is 1.89 bits per heavy atom. The van der Waals surface area contributed by atoms with E-state index in [-0.39, 0.29) is 0 Å². The van der Waals surface area contributed by atoms with E-state index < -0.39 is 0 Å². The molecule has 1 aromatic carbocycles. The first-order valence-electron chi connectivity index (χ1n) is 6.96. The second-order valence-corrected chi connectivity index (χ2v) is 6.09. The Hall–Kier alpha value is -0.630. The zero-order valence-electron chi connectivity index (χ0n) is 11.5. The molecule has 0 radical (unpaired) electrons. The lowest BCUT2D eigenvalue weighted by molar-refractivity contribution is 0.120. The Balaban J connectivity index is 2.01. The fourth-order valence-corrected chi connectivity index (χ4v) is 3.25. The van der Waals surface area contributed by atoms with Gasteiger partial charge in [0.05, 0.1) is 6.61 Å². The topological polar surface area (TPSA) is 9.23 Å². The van der Waals surface area contributed by atoms with Crippen LogP contribution in [-0.4, -0.2) is 12.4 Å². The van der Waals surface area contributed by atoms with Gasteiger partial charge in [-0.05, 0) is 44.1 Å². The van der Waals surface area contributed by atoms with Gasteiger partial charge in [-0.3, -0.25) is 0 Å². The predicted octanol–water partition coefficient (Wildman–Crippen LogP) is 4.56. The molecule has 0 atom stereocenters. The number of hydrogen-bond donors (Lipinski definition) is 1. The zero-order valence-corrected chi connectivity index (χ0v) is 12.4. The van der Waals surface area contributed by atoms with Crippen LogP contribution in [0.3, 0.4) is 0 Å². The van der Waals surface area contributed by atoms with E-state index in [1.54, 1.807) is 0 Å². The maximum Gasteiger partial charge on any atom is 0.122 e. The minimum absolute atomic E-state index is 0.304. The second kappa shape index (κ2) is 6.01. The summed E-state index contributed by atoms with van der Waals surface area (Å²) < 4.78 is 6.08. The molecule has 0 bridgehead atoms. The molecule has 0 aliphatic heterocycles. The Morgan fingerprint density at radius 1 is 1.17 bits per heavy atom. The van der Waals surface area contributed by atoms with Crippen LogP contribution in [0, 0.1) is 19.3 Å². The highest BCUT2D eigenvalue weighted by Crippen LogP contribution is 2.38. The second-order valence-electron chi connectivity index (χ2n) is 5.78. The molecule has 0 heterocycles. The molecule has 1 fully saturated rings. The highest BCUT2D eigenvalue weighted by Gasteiger charge is 2.31. The lowest BCUT2D eigenvalue weighted by Crippen LogP contribution is -2.33. The minimum atomic E-state index is 0.304. The van der Waals surface area contributed by atoms with Crippen molar-refractivity contribution in [1.29, 1.82) is 0 Å². The van der Waals surface area contributed by atoms with Gasteiger partial charge in [0, 0.05) is 5.41 Å². The summed E-state index contributed by atoms with van der Waals surface area (Å²) in [5.41, 5.74) is 2.83. The van der Waals surface area contributed by atoms with Crippen molar-refractivity contribution in [2.45, 2.75) is 46.0 Å². The molecule has 1 aliphatic carbocycles. The van der Waals surface area contributed by atoms with E-state index >= 15 is 0 Å². The SMILES string of the molecule is Cc1ccc(OCC2(CS)CCCCC2)c(C)c1. The summed E-state index contributed by atoms with van der Waals surface area (Å²) in [7, 11) is 0. The Morgan fingerprint density at radius 3 is 2.50 bits per heavy atom. The quantitative estimate of drug-likeness (QED) is 0.784. The Kier molecular flexibility index (Phi) is 4.60. The van der Waals surface area contributed by atoms with Crippen LogP contribution in [0.4, 0.5) is 0 Å². The van der Waals surface area contributed by atoms with Gasteiger partial charge in [-0.2, -0.15) is 12.6 Å². The molecule has 1 saturated carbocycles. The summed E-state index contributed by atoms with van der Waals surface area (Å²) in [5.74, 6) is 1.98. The maximum atomic E-state index is 6.08. The van der Waals surface area contributed by atoms with Gasteiger partial charge in [0.2, 0.25) is 0 Å². The van der Waals surface area contributed by atoms with Crippen LogP contribution in [-0.2, 0) is 0 Å². The third-order valence-corrected chi connectivity index (χ3v) is 4.78. The molecular weight excluding hydrogens is 240 g/mol. The number of rotatable bonds is 4. The van der Waals surface area contributed by atoms with E-state index in [1.165, 1.54) is 43.2 Å². The Labute approximate surface area is 116 Å². The first-order chi connectivity index (χ1) is 8.65. The highest BCUT2D eigenvalue weighted by atomic mass is 32.1. The van der Waals surface area contributed by atoms with Crippen molar-refractivity contribution in [3.8, 4) is 5.75 Å². The van der Waals surface area contributed by atoms with Gasteiger partial charge in [-0.1, -0.05) is 37.0 Å². The molecule has 2 heteroatoms. The highest BCUT2D eigenvalue weighted by molar-refractivity contribution is 7.80. The number of hydrogen-bond acceptors (Lipinski definition) is 2. The van der Waals surface area contributed by atoms with Crippen LogP contribution in [0.2, 0.25) is 0 Å². The molecule has 0 amide bonds. The molecule has 1 nitrogen and oxygen atoms in total. The summed E-state index contributed by atoms with van der Waals surface area (Å²) in [5, 5.41) is 0. The van der Waals surface area contributed by atoms with Crippen molar-refractivity contribution in [3.63, 3.8) is 0 Å². The summed E-state index contributed by atoms with van der Waals surface area (Å²) in [4.78, 5) is 0. The lowest BCUT2D eigenvalue weighted by atomic mass is 9.76. The van der Waals surface area contributed by atoms with E-state index in [0.29, 0.717) is 5.41 Å². The summed E-state index contributed by atoms with van der Waals surface area (Å²) in [6.07, 6.45) is 6.56. The van der Waals surface area contributed by atoms with Crippen molar-refractivity contribution in [3.05, 3.63) is 29.3 Å². The molecule has 100 valence electrons. The summed E-state index contributed by atoms with van der Waals surface area (Å²) in [6, 6.07) is 6.40. The third-order valence-electron chi connectivity index (χ3n) is 4.11. The average Bonchev–Trinajstić information content (AvgIpc) is 2.39. The van der Waals surface area contributed by atoms with Crippen LogP contribution in [0.1, 0.15) is 43.2 Å². The standard InChI is InChI=1S/C16H24OS/c1-13-6-7-15(14(2)10-13)17-11-16(12-18)8-4-3-5-9-16/h6-7,10,18H,3-5,8-9,11-12H2,1-2H3. The molecule has 0 aromatic heterocycles. The fourth-order valence-electron chi connectivity index (χ4n) is 2.84. The lowest BCUT2D eigenvalue weighted by Gasteiger charge is -2.35. The Bertz CT molecular complexity index is 394. The molecule has 1 aromatic rings. The normalized spacial score (nSPS) is 18.6. The molecule has 0 saturated heterocycles. The van der Waals surface area contributed by atoms with Gasteiger partial charge in [-0.25, -0.2) is 0 Å². The van der Waals surface area contributed by atoms with Crippen LogP contribution in [0.15, 0.2) is 18.2 Å². The van der Waals surface area contributed by atoms with Crippen molar-refractivity contribution in [2.75, 3.05) is 12.4 Å². The van der Waals surface area contributed by atoms with E-state index in [2.05, 4.69) is 44.7 Å². The van der Waals surface area contributed by atoms with Gasteiger partial charge in [0.25, 0.3) is 0 Å². The van der Waals surface area contributed by atoms with Crippen molar-refractivity contribution in [1.82, 2.24) is 0 Å².